The number of likely N-dealkylation sites (N-methyl/N-ethyl adjacent to an activating group) is 1. The van der Waals surface area contributed by atoms with Gasteiger partial charge in [0.1, 0.15) is 5.82 Å². The van der Waals surface area contributed by atoms with Crippen LogP contribution in [0.15, 0.2) is 105 Å². The second-order valence-electron chi connectivity index (χ2n) is 9.00. The van der Waals surface area contributed by atoms with E-state index in [2.05, 4.69) is 53.5 Å². The number of likely N-dealkylation sites (tertiary alicyclic amines) is 1. The number of hydrogen-bond donors (Lipinski definition) is 2. The zero-order chi connectivity index (χ0) is 27.0. The molecule has 1 aromatic carbocycles. The number of nitrogens with zero attached hydrogens (tertiary/aromatic N) is 4. The summed E-state index contributed by atoms with van der Waals surface area (Å²) in [5.74, 6) is 6.70. The Labute approximate surface area is 221 Å². The average Bonchev–Trinajstić information content (AvgIpc) is 3.67. The van der Waals surface area contributed by atoms with Crippen molar-refractivity contribution in [3.05, 3.63) is 116 Å². The van der Waals surface area contributed by atoms with Crippen LogP contribution >= 0.6 is 0 Å². The Bertz CT molecular complexity index is 1030. The van der Waals surface area contributed by atoms with Crippen LogP contribution in [-0.2, 0) is 0 Å². The number of nitrogens with two attached hydrogens (primary N) is 1. The molecule has 2 aromatic rings. The molecule has 0 radical (unpaired) electrons. The van der Waals surface area contributed by atoms with Crippen molar-refractivity contribution in [1.29, 1.82) is 0 Å². The largest absolute Gasteiger partial charge is 0.383 e. The van der Waals surface area contributed by atoms with Crippen LogP contribution < -0.4 is 16.2 Å². The Hall–Kier alpha value is -3.55. The fourth-order valence-corrected chi connectivity index (χ4v) is 3.91. The first kappa shape index (κ1) is 29.7. The molecule has 6 nitrogen and oxygen atoms in total. The van der Waals surface area contributed by atoms with E-state index >= 15 is 0 Å². The number of hydrogen-bond acceptors (Lipinski definition) is 6. The fourth-order valence-electron chi connectivity index (χ4n) is 3.91. The van der Waals surface area contributed by atoms with Gasteiger partial charge in [0.05, 0.1) is 12.7 Å². The Morgan fingerprint density at radius 1 is 1.22 bits per heavy atom. The SMILES string of the molecule is C=C/C=C(\C=C)CNC(=C)C1CCCN1C.C=CCN(N)c1cnccn1.Fc1ccccc1C1CC1. The van der Waals surface area contributed by atoms with Crippen LogP contribution in [0.3, 0.4) is 0 Å². The van der Waals surface area contributed by atoms with E-state index in [0.717, 1.165) is 23.4 Å². The molecule has 0 spiro atoms. The van der Waals surface area contributed by atoms with E-state index in [1.165, 1.54) is 43.3 Å². The predicted octanol–water partition coefficient (Wildman–Crippen LogP) is 5.53. The number of anilines is 1. The second-order valence-corrected chi connectivity index (χ2v) is 9.00. The second kappa shape index (κ2) is 16.2. The lowest BCUT2D eigenvalue weighted by molar-refractivity contribution is 0.335. The third kappa shape index (κ3) is 10.5. The average molecular weight is 505 g/mol. The first-order chi connectivity index (χ1) is 17.9. The summed E-state index contributed by atoms with van der Waals surface area (Å²) >= 11 is 0. The molecule has 1 atom stereocenters. The highest BCUT2D eigenvalue weighted by Crippen LogP contribution is 2.40. The van der Waals surface area contributed by atoms with Gasteiger partial charge in [-0.25, -0.2) is 15.2 Å². The van der Waals surface area contributed by atoms with Crippen LogP contribution in [0.25, 0.3) is 0 Å². The van der Waals surface area contributed by atoms with E-state index in [1.54, 1.807) is 36.8 Å². The molecule has 2 heterocycles. The van der Waals surface area contributed by atoms with Crippen molar-refractivity contribution in [1.82, 2.24) is 20.2 Å². The quantitative estimate of drug-likeness (QED) is 0.192. The van der Waals surface area contributed by atoms with Crippen LogP contribution in [0.5, 0.6) is 0 Å². The molecular weight excluding hydrogens is 463 g/mol. The number of allylic oxidation sites excluding steroid dienone is 2. The number of halogens is 1. The number of nitrogens with one attached hydrogen (secondary N) is 1. The molecule has 1 saturated carbocycles. The van der Waals surface area contributed by atoms with Crippen LogP contribution in [0.1, 0.15) is 37.2 Å². The summed E-state index contributed by atoms with van der Waals surface area (Å²) in [4.78, 5) is 10.2. The van der Waals surface area contributed by atoms with Gasteiger partial charge in [-0.2, -0.15) is 0 Å². The number of benzene rings is 1. The number of aromatic nitrogens is 2. The Balaban J connectivity index is 0.000000202. The van der Waals surface area contributed by atoms with Crippen molar-refractivity contribution in [3.63, 3.8) is 0 Å². The van der Waals surface area contributed by atoms with E-state index in [0.29, 0.717) is 24.3 Å². The Kier molecular flexibility index (Phi) is 13.0. The van der Waals surface area contributed by atoms with E-state index in [4.69, 9.17) is 5.84 Å². The van der Waals surface area contributed by atoms with Crippen LogP contribution in [0, 0.1) is 5.82 Å². The monoisotopic (exact) mass is 504 g/mol. The molecular formula is C30H41FN6. The van der Waals surface area contributed by atoms with Gasteiger partial charge in [0.2, 0.25) is 0 Å². The lowest BCUT2D eigenvalue weighted by Gasteiger charge is -2.23. The van der Waals surface area contributed by atoms with Crippen molar-refractivity contribution < 1.29 is 4.39 Å². The van der Waals surface area contributed by atoms with Gasteiger partial charge in [-0.3, -0.25) is 14.9 Å². The molecule has 1 aromatic heterocycles. The zero-order valence-corrected chi connectivity index (χ0v) is 22.0. The van der Waals surface area contributed by atoms with Gasteiger partial charge in [0.25, 0.3) is 0 Å². The molecule has 1 aliphatic carbocycles. The maximum absolute atomic E-state index is 12.9. The lowest BCUT2D eigenvalue weighted by Crippen LogP contribution is -2.33. The highest BCUT2D eigenvalue weighted by Gasteiger charge is 2.25. The van der Waals surface area contributed by atoms with Gasteiger partial charge < -0.3 is 5.32 Å². The van der Waals surface area contributed by atoms with Crippen molar-refractivity contribution in [2.45, 2.75) is 37.6 Å². The minimum Gasteiger partial charge on any atom is -0.383 e. The van der Waals surface area contributed by atoms with Gasteiger partial charge in [-0.15, -0.1) is 6.58 Å². The van der Waals surface area contributed by atoms with Gasteiger partial charge >= 0.3 is 0 Å². The van der Waals surface area contributed by atoms with Crippen LogP contribution in [0.2, 0.25) is 0 Å². The van der Waals surface area contributed by atoms with Crippen LogP contribution in [0.4, 0.5) is 10.2 Å². The van der Waals surface area contributed by atoms with E-state index in [9.17, 15) is 4.39 Å². The summed E-state index contributed by atoms with van der Waals surface area (Å²) in [6.45, 7) is 17.6. The topological polar surface area (TPSA) is 70.3 Å². The first-order valence-electron chi connectivity index (χ1n) is 12.6. The zero-order valence-electron chi connectivity index (χ0n) is 22.0. The van der Waals surface area contributed by atoms with Crippen molar-refractivity contribution >= 4 is 5.82 Å². The third-order valence-corrected chi connectivity index (χ3v) is 6.13. The molecule has 198 valence electrons. The molecule has 3 N–H and O–H groups in total. The first-order valence-corrected chi connectivity index (χ1v) is 12.6. The number of hydrazine groups is 1. The Morgan fingerprint density at radius 2 is 1.97 bits per heavy atom. The van der Waals surface area contributed by atoms with Gasteiger partial charge in [0.15, 0.2) is 5.82 Å². The summed E-state index contributed by atoms with van der Waals surface area (Å²) in [5.41, 5.74) is 3.15. The highest BCUT2D eigenvalue weighted by atomic mass is 19.1. The summed E-state index contributed by atoms with van der Waals surface area (Å²) in [5, 5.41) is 4.84. The Morgan fingerprint density at radius 3 is 2.51 bits per heavy atom. The normalized spacial score (nSPS) is 16.8. The van der Waals surface area contributed by atoms with E-state index in [-0.39, 0.29) is 5.82 Å². The third-order valence-electron chi connectivity index (χ3n) is 6.13. The predicted molar refractivity (Wildman–Crippen MR) is 153 cm³/mol. The standard InChI is InChI=1S/C14H22N2.C9H9F.C7H10N4/c1-5-8-13(6-2)11-15-12(3)14-9-7-10-16(14)4;10-9-4-2-1-3-8(9)7-5-6-7;1-2-5-11(8)7-6-9-3-4-10-7/h5-6,8,14-15H,1-3,7,9-11H2,4H3;1-4,7H,5-6H2;2-4,6H,1,5,8H2/b13-8+;;. The number of rotatable bonds is 10. The summed E-state index contributed by atoms with van der Waals surface area (Å²) < 4.78 is 12.9. The molecule has 1 unspecified atom stereocenters. The van der Waals surface area contributed by atoms with E-state index < -0.39 is 0 Å². The van der Waals surface area contributed by atoms with Crippen molar-refractivity contribution in [2.24, 2.45) is 5.84 Å². The molecule has 1 saturated heterocycles. The molecule has 0 amide bonds. The lowest BCUT2D eigenvalue weighted by atomic mass is 10.1. The van der Waals surface area contributed by atoms with Crippen molar-refractivity contribution in [2.75, 3.05) is 31.7 Å². The van der Waals surface area contributed by atoms with Gasteiger partial charge in [0, 0.05) is 30.7 Å². The molecule has 2 fully saturated rings. The molecule has 1 aliphatic heterocycles. The minimum absolute atomic E-state index is 0.0370. The molecule has 2 aliphatic rings. The maximum Gasteiger partial charge on any atom is 0.161 e. The molecule has 0 bridgehead atoms. The summed E-state index contributed by atoms with van der Waals surface area (Å²) in [7, 11) is 2.15. The fraction of sp³-hybridized carbons (Fsp3) is 0.333. The molecule has 7 heteroatoms. The summed E-state index contributed by atoms with van der Waals surface area (Å²) in [6.07, 6.45) is 16.9. The summed E-state index contributed by atoms with van der Waals surface area (Å²) in [6, 6.07) is 7.54. The molecule has 37 heavy (non-hydrogen) atoms. The molecule has 4 rings (SSSR count). The van der Waals surface area contributed by atoms with Crippen LogP contribution in [-0.4, -0.2) is 47.6 Å². The van der Waals surface area contributed by atoms with Crippen molar-refractivity contribution in [3.8, 4) is 0 Å². The highest BCUT2D eigenvalue weighted by molar-refractivity contribution is 5.33. The van der Waals surface area contributed by atoms with Gasteiger partial charge in [-0.1, -0.05) is 62.2 Å². The van der Waals surface area contributed by atoms with E-state index in [1.807, 2.05) is 24.3 Å². The smallest absolute Gasteiger partial charge is 0.161 e. The minimum atomic E-state index is -0.0370. The maximum atomic E-state index is 12.9. The van der Waals surface area contributed by atoms with Gasteiger partial charge in [-0.05, 0) is 62.4 Å².